The molecule has 1 saturated heterocycles. The van der Waals surface area contributed by atoms with Crippen LogP contribution in [0.1, 0.15) is 80.1 Å². The number of aryl methyl sites for hydroxylation is 3. The Balaban J connectivity index is 1.46. The summed E-state index contributed by atoms with van der Waals surface area (Å²) < 4.78 is 0. The molecular weight excluding hydrogens is 402 g/mol. The van der Waals surface area contributed by atoms with Crippen LogP contribution < -0.4 is 5.32 Å². The van der Waals surface area contributed by atoms with E-state index in [2.05, 4.69) is 21.4 Å². The van der Waals surface area contributed by atoms with E-state index in [1.165, 1.54) is 0 Å². The summed E-state index contributed by atoms with van der Waals surface area (Å²) in [5, 5.41) is 14.2. The van der Waals surface area contributed by atoms with Crippen LogP contribution in [0, 0.1) is 20.8 Å². The highest BCUT2D eigenvalue weighted by molar-refractivity contribution is 5.77. The van der Waals surface area contributed by atoms with E-state index < -0.39 is 5.60 Å². The normalized spacial score (nSPS) is 20.8. The molecule has 2 aromatic heterocycles. The molecule has 0 bridgehead atoms. The lowest BCUT2D eigenvalue weighted by molar-refractivity contribution is -0.139. The summed E-state index contributed by atoms with van der Waals surface area (Å²) in [4.78, 5) is 28.7. The maximum Gasteiger partial charge on any atom is 0.227 e. The minimum atomic E-state index is -0.813. The summed E-state index contributed by atoms with van der Waals surface area (Å²) >= 11 is 0. The molecule has 1 amide bonds. The first-order valence-corrected chi connectivity index (χ1v) is 11.9. The van der Waals surface area contributed by atoms with Crippen molar-refractivity contribution < 1.29 is 9.90 Å². The molecule has 172 valence electrons. The van der Waals surface area contributed by atoms with Crippen LogP contribution in [0.5, 0.6) is 0 Å². The minimum Gasteiger partial charge on any atom is -0.389 e. The molecular formula is C25H35N5O2. The first-order chi connectivity index (χ1) is 15.3. The second kappa shape index (κ2) is 9.53. The molecule has 32 heavy (non-hydrogen) atoms. The quantitative estimate of drug-likeness (QED) is 0.723. The molecule has 1 atom stereocenters. The minimum absolute atomic E-state index is 0.0775. The Morgan fingerprint density at radius 1 is 1.03 bits per heavy atom. The second-order valence-electron chi connectivity index (χ2n) is 9.66. The van der Waals surface area contributed by atoms with Crippen LogP contribution in [-0.2, 0) is 4.79 Å². The van der Waals surface area contributed by atoms with Crippen LogP contribution in [-0.4, -0.2) is 49.6 Å². The molecule has 7 heteroatoms. The standard InChI is InChI=1S/C25H35N5O2/c1-17-12-18(2)28-24(27-17)29-21-13-19(3)26-22(14-21)20-8-7-11-30(16-20)23(31)15-25(32)9-5-4-6-10-25/h12-14,20,32H,4-11,15-16H2,1-3H3,(H,26,27,28,29)/t20-/m0/s1. The maximum absolute atomic E-state index is 13.0. The highest BCUT2D eigenvalue weighted by Gasteiger charge is 2.35. The van der Waals surface area contributed by atoms with Gasteiger partial charge in [0.05, 0.1) is 12.0 Å². The van der Waals surface area contributed by atoms with Gasteiger partial charge in [-0.25, -0.2) is 9.97 Å². The number of piperidine rings is 1. The number of amides is 1. The van der Waals surface area contributed by atoms with E-state index in [9.17, 15) is 9.90 Å². The van der Waals surface area contributed by atoms with Crippen molar-refractivity contribution in [2.75, 3.05) is 18.4 Å². The zero-order chi connectivity index (χ0) is 22.7. The predicted molar refractivity (Wildman–Crippen MR) is 125 cm³/mol. The molecule has 7 nitrogen and oxygen atoms in total. The Labute approximate surface area is 190 Å². The summed E-state index contributed by atoms with van der Waals surface area (Å²) in [6.45, 7) is 7.33. The zero-order valence-corrected chi connectivity index (χ0v) is 19.5. The van der Waals surface area contributed by atoms with Crippen molar-refractivity contribution in [3.8, 4) is 0 Å². The number of aromatic nitrogens is 3. The number of hydrogen-bond acceptors (Lipinski definition) is 6. The van der Waals surface area contributed by atoms with Crippen molar-refractivity contribution in [2.24, 2.45) is 0 Å². The summed E-state index contributed by atoms with van der Waals surface area (Å²) in [6.07, 6.45) is 6.87. The average Bonchev–Trinajstić information content (AvgIpc) is 2.73. The molecule has 3 heterocycles. The highest BCUT2D eigenvalue weighted by atomic mass is 16.3. The fraction of sp³-hybridized carbons (Fsp3) is 0.600. The highest BCUT2D eigenvalue weighted by Crippen LogP contribution is 2.33. The number of aliphatic hydroxyl groups is 1. The molecule has 2 N–H and O–H groups in total. The lowest BCUT2D eigenvalue weighted by Crippen LogP contribution is -2.44. The lowest BCUT2D eigenvalue weighted by Gasteiger charge is -2.37. The monoisotopic (exact) mass is 437 g/mol. The molecule has 0 unspecified atom stereocenters. The number of carbonyl (C=O) groups excluding carboxylic acids is 1. The van der Waals surface area contributed by atoms with Crippen molar-refractivity contribution in [1.29, 1.82) is 0 Å². The summed E-state index contributed by atoms with van der Waals surface area (Å²) in [5.74, 6) is 0.850. The zero-order valence-electron chi connectivity index (χ0n) is 19.5. The topological polar surface area (TPSA) is 91.2 Å². The molecule has 2 fully saturated rings. The maximum atomic E-state index is 13.0. The fourth-order valence-electron chi connectivity index (χ4n) is 5.11. The number of rotatable bonds is 5. The molecule has 2 aromatic rings. The molecule has 2 aliphatic rings. The van der Waals surface area contributed by atoms with Gasteiger partial charge in [0.25, 0.3) is 0 Å². The van der Waals surface area contributed by atoms with E-state index >= 15 is 0 Å². The van der Waals surface area contributed by atoms with Gasteiger partial charge in [-0.3, -0.25) is 9.78 Å². The smallest absolute Gasteiger partial charge is 0.227 e. The van der Waals surface area contributed by atoms with E-state index in [0.717, 1.165) is 80.0 Å². The third-order valence-electron chi connectivity index (χ3n) is 6.67. The van der Waals surface area contributed by atoms with Gasteiger partial charge in [0.1, 0.15) is 0 Å². The van der Waals surface area contributed by atoms with Crippen LogP contribution in [0.3, 0.4) is 0 Å². The first kappa shape index (κ1) is 22.6. The third kappa shape index (κ3) is 5.63. The molecule has 1 aliphatic carbocycles. The van der Waals surface area contributed by atoms with Gasteiger partial charge in [-0.15, -0.1) is 0 Å². The molecule has 0 spiro atoms. The summed E-state index contributed by atoms with van der Waals surface area (Å²) in [7, 11) is 0. The number of likely N-dealkylation sites (tertiary alicyclic amines) is 1. The van der Waals surface area contributed by atoms with Crippen molar-refractivity contribution in [3.05, 3.63) is 41.0 Å². The number of pyridine rings is 1. The van der Waals surface area contributed by atoms with Gasteiger partial charge in [-0.1, -0.05) is 19.3 Å². The van der Waals surface area contributed by atoms with Gasteiger partial charge >= 0.3 is 0 Å². The number of carbonyl (C=O) groups is 1. The Morgan fingerprint density at radius 2 is 1.72 bits per heavy atom. The number of nitrogens with zero attached hydrogens (tertiary/aromatic N) is 4. The Kier molecular flexibility index (Phi) is 6.74. The number of nitrogens with one attached hydrogen (secondary N) is 1. The lowest BCUT2D eigenvalue weighted by atomic mass is 9.82. The molecule has 1 aliphatic heterocycles. The Bertz CT molecular complexity index is 951. The molecule has 0 aromatic carbocycles. The molecule has 1 saturated carbocycles. The van der Waals surface area contributed by atoms with Crippen LogP contribution >= 0.6 is 0 Å². The Hall–Kier alpha value is -2.54. The molecule has 4 rings (SSSR count). The van der Waals surface area contributed by atoms with E-state index in [0.29, 0.717) is 12.5 Å². The van der Waals surface area contributed by atoms with Crippen LogP contribution in [0.15, 0.2) is 18.2 Å². The van der Waals surface area contributed by atoms with Gasteiger partial charge < -0.3 is 15.3 Å². The van der Waals surface area contributed by atoms with Crippen molar-refractivity contribution in [1.82, 2.24) is 19.9 Å². The van der Waals surface area contributed by atoms with Gasteiger partial charge in [0.2, 0.25) is 11.9 Å². The third-order valence-corrected chi connectivity index (χ3v) is 6.67. The van der Waals surface area contributed by atoms with Gasteiger partial charge in [-0.2, -0.15) is 0 Å². The van der Waals surface area contributed by atoms with Gasteiger partial charge in [0.15, 0.2) is 0 Å². The van der Waals surface area contributed by atoms with E-state index in [-0.39, 0.29) is 18.2 Å². The van der Waals surface area contributed by atoms with E-state index in [1.54, 1.807) is 0 Å². The predicted octanol–water partition coefficient (Wildman–Crippen LogP) is 4.33. The van der Waals surface area contributed by atoms with Gasteiger partial charge in [-0.05, 0) is 64.7 Å². The fourth-order valence-corrected chi connectivity index (χ4v) is 5.11. The van der Waals surface area contributed by atoms with Crippen LogP contribution in [0.25, 0.3) is 0 Å². The van der Waals surface area contributed by atoms with E-state index in [4.69, 9.17) is 4.98 Å². The first-order valence-electron chi connectivity index (χ1n) is 11.9. The van der Waals surface area contributed by atoms with Crippen molar-refractivity contribution >= 4 is 17.5 Å². The number of anilines is 2. The Morgan fingerprint density at radius 3 is 2.44 bits per heavy atom. The van der Waals surface area contributed by atoms with E-state index in [1.807, 2.05) is 37.8 Å². The SMILES string of the molecule is Cc1cc(Nc2nc(C)cc(C)n2)cc([C@H]2CCCN(C(=O)CC3(O)CCCCC3)C2)n1. The second-order valence-corrected chi connectivity index (χ2v) is 9.66. The summed E-state index contributed by atoms with van der Waals surface area (Å²) in [6, 6.07) is 6.00. The average molecular weight is 438 g/mol. The van der Waals surface area contributed by atoms with Gasteiger partial charge in [0, 0.05) is 47.5 Å². The van der Waals surface area contributed by atoms with Crippen LogP contribution in [0.2, 0.25) is 0 Å². The molecule has 0 radical (unpaired) electrons. The van der Waals surface area contributed by atoms with Crippen molar-refractivity contribution in [3.63, 3.8) is 0 Å². The van der Waals surface area contributed by atoms with Crippen molar-refractivity contribution in [2.45, 2.75) is 83.7 Å². The summed E-state index contributed by atoms with van der Waals surface area (Å²) in [5.41, 5.74) is 3.86. The largest absolute Gasteiger partial charge is 0.389 e. The van der Waals surface area contributed by atoms with Crippen LogP contribution in [0.4, 0.5) is 11.6 Å². The number of hydrogen-bond donors (Lipinski definition) is 2.